The molecule has 0 saturated heterocycles. The number of carbonyl (C=O) groups excluding carboxylic acids is 1. The molecule has 0 fully saturated rings. The summed E-state index contributed by atoms with van der Waals surface area (Å²) in [5, 5.41) is 10.8. The van der Waals surface area contributed by atoms with Crippen molar-refractivity contribution in [2.75, 3.05) is 12.0 Å². The van der Waals surface area contributed by atoms with Gasteiger partial charge in [0.1, 0.15) is 11.6 Å². The standard InChI is InChI=1S/C23H17BrFNO3/c1-29-19-11-5-14(6-12-19)20-21(15-3-2-4-16(24)13-15)26(23(28)22(20)27)18-9-7-17(25)8-10-18/h2-13,21,27H,1H3/t21-/m1/s1. The molecule has 0 spiro atoms. The van der Waals surface area contributed by atoms with Gasteiger partial charge in [-0.05, 0) is 59.7 Å². The maximum Gasteiger partial charge on any atom is 0.294 e. The van der Waals surface area contributed by atoms with Gasteiger partial charge < -0.3 is 9.84 Å². The Bertz CT molecular complexity index is 1090. The Labute approximate surface area is 176 Å². The molecule has 3 aromatic carbocycles. The zero-order valence-corrected chi connectivity index (χ0v) is 17.1. The fraction of sp³-hybridized carbons (Fsp3) is 0.0870. The lowest BCUT2D eigenvalue weighted by Gasteiger charge is -2.27. The van der Waals surface area contributed by atoms with Crippen molar-refractivity contribution in [3.63, 3.8) is 0 Å². The summed E-state index contributed by atoms with van der Waals surface area (Å²) in [6.45, 7) is 0. The van der Waals surface area contributed by atoms with Gasteiger partial charge in [0.2, 0.25) is 0 Å². The molecule has 1 N–H and O–H groups in total. The molecular formula is C23H17BrFNO3. The molecule has 0 bridgehead atoms. The predicted molar refractivity (Wildman–Crippen MR) is 113 cm³/mol. The Morgan fingerprint density at radius 3 is 2.34 bits per heavy atom. The zero-order valence-electron chi connectivity index (χ0n) is 15.5. The first-order valence-corrected chi connectivity index (χ1v) is 9.71. The van der Waals surface area contributed by atoms with Gasteiger partial charge in [-0.25, -0.2) is 4.39 Å². The average molecular weight is 454 g/mol. The molecule has 1 aliphatic heterocycles. The van der Waals surface area contributed by atoms with Crippen LogP contribution in [0.25, 0.3) is 5.57 Å². The van der Waals surface area contributed by atoms with E-state index in [1.807, 2.05) is 24.3 Å². The molecule has 0 aromatic heterocycles. The smallest absolute Gasteiger partial charge is 0.294 e. The van der Waals surface area contributed by atoms with Crippen LogP contribution in [0.3, 0.4) is 0 Å². The minimum Gasteiger partial charge on any atom is -0.503 e. The van der Waals surface area contributed by atoms with Gasteiger partial charge in [0.15, 0.2) is 5.76 Å². The van der Waals surface area contributed by atoms with Gasteiger partial charge in [-0.15, -0.1) is 0 Å². The van der Waals surface area contributed by atoms with E-state index in [1.165, 1.54) is 29.2 Å². The lowest BCUT2D eigenvalue weighted by atomic mass is 9.93. The van der Waals surface area contributed by atoms with Gasteiger partial charge >= 0.3 is 0 Å². The molecular weight excluding hydrogens is 437 g/mol. The van der Waals surface area contributed by atoms with Gasteiger partial charge in [-0.1, -0.05) is 40.2 Å². The molecule has 0 saturated carbocycles. The number of hydrogen-bond acceptors (Lipinski definition) is 3. The Balaban J connectivity index is 1.89. The molecule has 6 heteroatoms. The molecule has 4 rings (SSSR count). The third-order valence-corrected chi connectivity index (χ3v) is 5.37. The van der Waals surface area contributed by atoms with E-state index in [1.54, 1.807) is 31.4 Å². The monoisotopic (exact) mass is 453 g/mol. The molecule has 1 heterocycles. The summed E-state index contributed by atoms with van der Waals surface area (Å²) >= 11 is 3.47. The normalized spacial score (nSPS) is 16.4. The SMILES string of the molecule is COc1ccc(C2=C(O)C(=O)N(c3ccc(F)cc3)[C@@H]2c2cccc(Br)c2)cc1. The summed E-state index contributed by atoms with van der Waals surface area (Å²) in [6.07, 6.45) is 0. The summed E-state index contributed by atoms with van der Waals surface area (Å²) in [5.74, 6) is -0.587. The van der Waals surface area contributed by atoms with Crippen molar-refractivity contribution in [2.24, 2.45) is 0 Å². The second-order valence-corrected chi connectivity index (χ2v) is 7.52. The van der Waals surface area contributed by atoms with Crippen molar-refractivity contribution < 1.29 is 19.0 Å². The molecule has 3 aromatic rings. The van der Waals surface area contributed by atoms with Crippen LogP contribution in [0.4, 0.5) is 10.1 Å². The number of hydrogen-bond donors (Lipinski definition) is 1. The van der Waals surface area contributed by atoms with Gasteiger partial charge in [0.25, 0.3) is 5.91 Å². The molecule has 146 valence electrons. The minimum absolute atomic E-state index is 0.329. The number of methoxy groups -OCH3 is 1. The van der Waals surface area contributed by atoms with Crippen LogP contribution in [-0.4, -0.2) is 18.1 Å². The lowest BCUT2D eigenvalue weighted by Crippen LogP contribution is -2.30. The number of rotatable bonds is 4. The van der Waals surface area contributed by atoms with Crippen molar-refractivity contribution in [2.45, 2.75) is 6.04 Å². The van der Waals surface area contributed by atoms with Crippen molar-refractivity contribution in [3.05, 3.63) is 100.0 Å². The highest BCUT2D eigenvalue weighted by molar-refractivity contribution is 9.10. The van der Waals surface area contributed by atoms with E-state index in [-0.39, 0.29) is 5.76 Å². The van der Waals surface area contributed by atoms with Gasteiger partial charge in [0, 0.05) is 15.7 Å². The first-order chi connectivity index (χ1) is 14.0. The van der Waals surface area contributed by atoms with Crippen molar-refractivity contribution in [3.8, 4) is 5.75 Å². The Hall–Kier alpha value is -3.12. The zero-order chi connectivity index (χ0) is 20.5. The second kappa shape index (κ2) is 7.72. The molecule has 4 nitrogen and oxygen atoms in total. The largest absolute Gasteiger partial charge is 0.503 e. The number of aliphatic hydroxyl groups excluding tert-OH is 1. The Kier molecular flexibility index (Phi) is 5.11. The molecule has 1 aliphatic rings. The minimum atomic E-state index is -0.571. The Morgan fingerprint density at radius 2 is 1.72 bits per heavy atom. The summed E-state index contributed by atoms with van der Waals surface area (Å²) in [4.78, 5) is 14.5. The van der Waals surface area contributed by atoms with Gasteiger partial charge in [-0.2, -0.15) is 0 Å². The third-order valence-electron chi connectivity index (χ3n) is 4.88. The topological polar surface area (TPSA) is 49.8 Å². The highest BCUT2D eigenvalue weighted by Crippen LogP contribution is 2.45. The van der Waals surface area contributed by atoms with E-state index < -0.39 is 17.8 Å². The van der Waals surface area contributed by atoms with Crippen LogP contribution >= 0.6 is 15.9 Å². The average Bonchev–Trinajstić information content (AvgIpc) is 3.00. The highest BCUT2D eigenvalue weighted by Gasteiger charge is 2.42. The van der Waals surface area contributed by atoms with E-state index in [0.717, 1.165) is 10.0 Å². The molecule has 0 radical (unpaired) electrons. The number of benzene rings is 3. The van der Waals surface area contributed by atoms with Crippen LogP contribution in [0.2, 0.25) is 0 Å². The van der Waals surface area contributed by atoms with Crippen LogP contribution in [-0.2, 0) is 4.79 Å². The van der Waals surface area contributed by atoms with Gasteiger partial charge in [-0.3, -0.25) is 9.69 Å². The molecule has 1 atom stereocenters. The number of nitrogens with zero attached hydrogens (tertiary/aromatic N) is 1. The first-order valence-electron chi connectivity index (χ1n) is 8.91. The number of carbonyl (C=O) groups is 1. The third kappa shape index (κ3) is 3.51. The van der Waals surface area contributed by atoms with Crippen molar-refractivity contribution in [1.29, 1.82) is 0 Å². The van der Waals surface area contributed by atoms with Crippen LogP contribution in [0.5, 0.6) is 5.75 Å². The van der Waals surface area contributed by atoms with E-state index in [9.17, 15) is 14.3 Å². The number of amides is 1. The van der Waals surface area contributed by atoms with E-state index in [4.69, 9.17) is 4.74 Å². The van der Waals surface area contributed by atoms with Crippen molar-refractivity contribution >= 4 is 33.1 Å². The maximum absolute atomic E-state index is 13.5. The van der Waals surface area contributed by atoms with E-state index in [0.29, 0.717) is 22.6 Å². The fourth-order valence-corrected chi connectivity index (χ4v) is 3.95. The number of ether oxygens (including phenoxy) is 1. The summed E-state index contributed by atoms with van der Waals surface area (Å²) in [6, 6.07) is 19.8. The highest BCUT2D eigenvalue weighted by atomic mass is 79.9. The first kappa shape index (κ1) is 19.2. The molecule has 0 unspecified atom stereocenters. The summed E-state index contributed by atoms with van der Waals surface area (Å²) in [5.41, 5.74) is 2.50. The number of anilines is 1. The number of halogens is 2. The van der Waals surface area contributed by atoms with E-state index >= 15 is 0 Å². The second-order valence-electron chi connectivity index (χ2n) is 6.60. The summed E-state index contributed by atoms with van der Waals surface area (Å²) in [7, 11) is 1.57. The lowest BCUT2D eigenvalue weighted by molar-refractivity contribution is -0.117. The summed E-state index contributed by atoms with van der Waals surface area (Å²) < 4.78 is 19.5. The number of aliphatic hydroxyl groups is 1. The molecule has 1 amide bonds. The van der Waals surface area contributed by atoms with Gasteiger partial charge in [0.05, 0.1) is 13.2 Å². The van der Waals surface area contributed by atoms with Crippen LogP contribution in [0, 0.1) is 5.82 Å². The maximum atomic E-state index is 13.5. The van der Waals surface area contributed by atoms with E-state index in [2.05, 4.69) is 15.9 Å². The quantitative estimate of drug-likeness (QED) is 0.554. The predicted octanol–water partition coefficient (Wildman–Crippen LogP) is 5.65. The molecule has 0 aliphatic carbocycles. The fourth-order valence-electron chi connectivity index (χ4n) is 3.53. The van der Waals surface area contributed by atoms with Crippen molar-refractivity contribution in [1.82, 2.24) is 0 Å². The van der Waals surface area contributed by atoms with Crippen LogP contribution in [0.15, 0.2) is 83.0 Å². The van der Waals surface area contributed by atoms with Crippen LogP contribution < -0.4 is 9.64 Å². The molecule has 29 heavy (non-hydrogen) atoms. The Morgan fingerprint density at radius 1 is 1.03 bits per heavy atom. The van der Waals surface area contributed by atoms with Crippen LogP contribution in [0.1, 0.15) is 17.2 Å².